The van der Waals surface area contributed by atoms with Gasteiger partial charge in [0.15, 0.2) is 0 Å². The van der Waals surface area contributed by atoms with Gasteiger partial charge in [0.05, 0.1) is 16.8 Å². The highest BCUT2D eigenvalue weighted by molar-refractivity contribution is 6.51. The highest BCUT2D eigenvalue weighted by Gasteiger charge is 2.50. The molecule has 3 aliphatic heterocycles. The molecule has 1 spiro atoms. The van der Waals surface area contributed by atoms with Crippen molar-refractivity contribution in [2.45, 2.75) is 97.4 Å². The minimum atomic E-state index is -0.500. The lowest BCUT2D eigenvalue weighted by Gasteiger charge is -2.46. The first-order valence-electron chi connectivity index (χ1n) is 11.6. The van der Waals surface area contributed by atoms with Gasteiger partial charge in [-0.15, -0.1) is 0 Å². The van der Waals surface area contributed by atoms with Crippen molar-refractivity contribution in [3.05, 3.63) is 12.1 Å². The average Bonchev–Trinajstić information content (AvgIpc) is 2.80. The van der Waals surface area contributed by atoms with Crippen molar-refractivity contribution >= 4 is 7.12 Å². The Balaban J connectivity index is 0.000000575. The van der Waals surface area contributed by atoms with Gasteiger partial charge in [0.1, 0.15) is 0 Å². The average molecular weight is 424 g/mol. The molecule has 174 valence electrons. The van der Waals surface area contributed by atoms with E-state index in [1.165, 1.54) is 31.0 Å². The molecule has 3 heterocycles. The summed E-state index contributed by atoms with van der Waals surface area (Å²) in [4.78, 5) is 2.60. The lowest BCUT2D eigenvalue weighted by Crippen LogP contribution is -2.49. The van der Waals surface area contributed by atoms with Crippen LogP contribution in [0.1, 0.15) is 80.6 Å². The molecule has 3 saturated heterocycles. The Morgan fingerprint density at radius 3 is 2.03 bits per heavy atom. The molecule has 0 atom stereocenters. The summed E-state index contributed by atoms with van der Waals surface area (Å²) in [6, 6.07) is 0. The molecule has 0 bridgehead atoms. The van der Waals surface area contributed by atoms with Gasteiger partial charge in [0.2, 0.25) is 0 Å². The first kappa shape index (κ1) is 25.8. The van der Waals surface area contributed by atoms with E-state index in [2.05, 4.69) is 44.6 Å². The third kappa shape index (κ3) is 7.92. The molecule has 7 heteroatoms. The summed E-state index contributed by atoms with van der Waals surface area (Å²) < 4.78 is 12.0. The van der Waals surface area contributed by atoms with E-state index in [0.29, 0.717) is 5.41 Å². The Hall–Kier alpha value is -0.435. The van der Waals surface area contributed by atoms with E-state index < -0.39 is 5.60 Å². The second-order valence-corrected chi connectivity index (χ2v) is 11.3. The van der Waals surface area contributed by atoms with Crippen molar-refractivity contribution in [3.8, 4) is 0 Å². The number of hydrogen-bond donors (Lipinski definition) is 2. The third-order valence-electron chi connectivity index (χ3n) is 6.72. The SMILES string of the molecule is CC(C)(C)O.CC1(C)OB(/C=C/CCN2CCCC3(CCN(O)CC3)C2)OC1(C)C. The lowest BCUT2D eigenvalue weighted by atomic mass is 9.73. The zero-order chi connectivity index (χ0) is 22.6. The number of rotatable bonds is 4. The van der Waals surface area contributed by atoms with Gasteiger partial charge in [-0.1, -0.05) is 12.1 Å². The topological polar surface area (TPSA) is 65.4 Å². The van der Waals surface area contributed by atoms with Crippen LogP contribution in [0.4, 0.5) is 0 Å². The van der Waals surface area contributed by atoms with Crippen molar-refractivity contribution in [2.24, 2.45) is 5.41 Å². The summed E-state index contributed by atoms with van der Waals surface area (Å²) in [7, 11) is -0.230. The molecule has 2 N–H and O–H groups in total. The van der Waals surface area contributed by atoms with Crippen LogP contribution in [-0.4, -0.2) is 76.9 Å². The minimum absolute atomic E-state index is 0.230. The number of likely N-dealkylation sites (tertiary alicyclic amines) is 1. The van der Waals surface area contributed by atoms with Crippen molar-refractivity contribution in [3.63, 3.8) is 0 Å². The van der Waals surface area contributed by atoms with Gasteiger partial charge in [-0.3, -0.25) is 0 Å². The summed E-state index contributed by atoms with van der Waals surface area (Å²) in [6.07, 6.45) is 8.10. The van der Waals surface area contributed by atoms with Gasteiger partial charge >= 0.3 is 7.12 Å². The minimum Gasteiger partial charge on any atom is -0.400 e. The summed E-state index contributed by atoms with van der Waals surface area (Å²) in [6.45, 7) is 18.7. The smallest absolute Gasteiger partial charge is 0.400 e. The number of piperidine rings is 2. The van der Waals surface area contributed by atoms with E-state index in [4.69, 9.17) is 14.4 Å². The Kier molecular flexibility index (Phi) is 8.62. The summed E-state index contributed by atoms with van der Waals surface area (Å²) in [5.41, 5.74) is -0.585. The molecule has 0 radical (unpaired) electrons. The monoisotopic (exact) mass is 424 g/mol. The fourth-order valence-corrected chi connectivity index (χ4v) is 4.31. The standard InChI is InChI=1S/C19H35BN2O3.C4H10O/c1-17(2)18(3,4)25-20(24-17)11-5-6-12-21-13-7-8-19(16-21)9-14-22(23)15-10-19;1-4(2,3)5/h5,11,23H,6-10,12-16H2,1-4H3;5H,1-3H3/b11-5+;. The number of aliphatic hydroxyl groups is 1. The normalized spacial score (nSPS) is 26.8. The molecule has 30 heavy (non-hydrogen) atoms. The first-order chi connectivity index (χ1) is 13.7. The highest BCUT2D eigenvalue weighted by Crippen LogP contribution is 2.39. The van der Waals surface area contributed by atoms with Crippen LogP contribution in [0, 0.1) is 5.41 Å². The number of hydroxylamine groups is 2. The predicted octanol–water partition coefficient (Wildman–Crippen LogP) is 3.91. The lowest BCUT2D eigenvalue weighted by molar-refractivity contribution is -0.134. The zero-order valence-electron chi connectivity index (χ0n) is 20.4. The maximum atomic E-state index is 9.63. The predicted molar refractivity (Wildman–Crippen MR) is 123 cm³/mol. The van der Waals surface area contributed by atoms with Gasteiger partial charge in [-0.05, 0) is 92.5 Å². The summed E-state index contributed by atoms with van der Waals surface area (Å²) in [5.74, 6) is 2.07. The van der Waals surface area contributed by atoms with Gasteiger partial charge in [0, 0.05) is 26.2 Å². The molecule has 0 aromatic rings. The Bertz CT molecular complexity index is 544. The van der Waals surface area contributed by atoms with E-state index in [9.17, 15) is 5.21 Å². The second-order valence-electron chi connectivity index (χ2n) is 11.3. The molecule has 0 saturated carbocycles. The Labute approximate surface area is 184 Å². The molecule has 0 amide bonds. The van der Waals surface area contributed by atoms with Crippen LogP contribution in [0.25, 0.3) is 0 Å². The largest absolute Gasteiger partial charge is 0.486 e. The van der Waals surface area contributed by atoms with Gasteiger partial charge in [0.25, 0.3) is 0 Å². The van der Waals surface area contributed by atoms with Crippen LogP contribution in [-0.2, 0) is 9.31 Å². The second kappa shape index (κ2) is 10.0. The van der Waals surface area contributed by atoms with Crippen molar-refractivity contribution in [2.75, 3.05) is 32.7 Å². The van der Waals surface area contributed by atoms with Crippen LogP contribution in [0.15, 0.2) is 12.1 Å². The molecule has 6 nitrogen and oxygen atoms in total. The quantitative estimate of drug-likeness (QED) is 0.668. The van der Waals surface area contributed by atoms with E-state index in [0.717, 1.165) is 38.9 Å². The molecule has 0 aromatic heterocycles. The van der Waals surface area contributed by atoms with Crippen LogP contribution < -0.4 is 0 Å². The molecular weight excluding hydrogens is 379 g/mol. The van der Waals surface area contributed by atoms with Crippen molar-refractivity contribution < 1.29 is 19.6 Å². The molecule has 0 aromatic carbocycles. The summed E-state index contributed by atoms with van der Waals surface area (Å²) >= 11 is 0. The molecular formula is C23H45BN2O4. The van der Waals surface area contributed by atoms with Gasteiger partial charge in [-0.2, -0.15) is 5.06 Å². The Morgan fingerprint density at radius 1 is 0.967 bits per heavy atom. The Morgan fingerprint density at radius 2 is 1.50 bits per heavy atom. The number of hydrogen-bond acceptors (Lipinski definition) is 6. The molecule has 3 aliphatic rings. The van der Waals surface area contributed by atoms with Gasteiger partial charge in [-0.25, -0.2) is 0 Å². The molecule has 3 rings (SSSR count). The maximum absolute atomic E-state index is 9.63. The summed E-state index contributed by atoms with van der Waals surface area (Å²) in [5, 5.41) is 19.6. The highest BCUT2D eigenvalue weighted by atomic mass is 16.7. The first-order valence-corrected chi connectivity index (χ1v) is 11.6. The van der Waals surface area contributed by atoms with Crippen LogP contribution in [0.5, 0.6) is 0 Å². The van der Waals surface area contributed by atoms with E-state index in [-0.39, 0.29) is 18.3 Å². The van der Waals surface area contributed by atoms with Gasteiger partial charge < -0.3 is 24.5 Å². The molecule has 3 fully saturated rings. The third-order valence-corrected chi connectivity index (χ3v) is 6.72. The van der Waals surface area contributed by atoms with Crippen LogP contribution in [0.3, 0.4) is 0 Å². The van der Waals surface area contributed by atoms with E-state index >= 15 is 0 Å². The zero-order valence-corrected chi connectivity index (χ0v) is 20.4. The maximum Gasteiger partial charge on any atom is 0.486 e. The molecule has 0 unspecified atom stereocenters. The fourth-order valence-electron chi connectivity index (χ4n) is 4.31. The molecule has 0 aliphatic carbocycles. The van der Waals surface area contributed by atoms with Crippen molar-refractivity contribution in [1.82, 2.24) is 9.96 Å². The number of nitrogens with zero attached hydrogens (tertiary/aromatic N) is 2. The van der Waals surface area contributed by atoms with E-state index in [1.54, 1.807) is 20.8 Å². The van der Waals surface area contributed by atoms with E-state index in [1.807, 2.05) is 0 Å². The van der Waals surface area contributed by atoms with Crippen LogP contribution >= 0.6 is 0 Å². The van der Waals surface area contributed by atoms with Crippen molar-refractivity contribution in [1.29, 1.82) is 0 Å². The fraction of sp³-hybridized carbons (Fsp3) is 0.913. The van der Waals surface area contributed by atoms with Crippen LogP contribution in [0.2, 0.25) is 0 Å².